The highest BCUT2D eigenvalue weighted by Gasteiger charge is 2.43. The van der Waals surface area contributed by atoms with Crippen molar-refractivity contribution in [2.24, 2.45) is 0 Å². The van der Waals surface area contributed by atoms with Gasteiger partial charge in [-0.15, -0.1) is 0 Å². The maximum Gasteiger partial charge on any atom is 0.490 e. The Bertz CT molecular complexity index is 1140. The van der Waals surface area contributed by atoms with Crippen molar-refractivity contribution < 1.29 is 78.7 Å². The van der Waals surface area contributed by atoms with Crippen molar-refractivity contribution in [3.8, 4) is 0 Å². The van der Waals surface area contributed by atoms with Gasteiger partial charge in [0.15, 0.2) is 0 Å². The van der Waals surface area contributed by atoms with Gasteiger partial charge in [0.05, 0.1) is 24.5 Å². The van der Waals surface area contributed by atoms with E-state index in [1.165, 1.54) is 5.56 Å². The predicted molar refractivity (Wildman–Crippen MR) is 131 cm³/mol. The zero-order valence-corrected chi connectivity index (χ0v) is 22.7. The summed E-state index contributed by atoms with van der Waals surface area (Å²) in [6.45, 7) is 3.35. The first-order valence-electron chi connectivity index (χ1n) is 12.4. The van der Waals surface area contributed by atoms with Crippen molar-refractivity contribution in [2.75, 3.05) is 13.2 Å². The Hall–Kier alpha value is -4.04. The third-order valence-electron chi connectivity index (χ3n) is 5.65. The van der Waals surface area contributed by atoms with E-state index in [-0.39, 0.29) is 12.2 Å². The Kier molecular flexibility index (Phi) is 15.1. The second-order valence-electron chi connectivity index (χ2n) is 8.89. The lowest BCUT2D eigenvalue weighted by molar-refractivity contribution is -0.193. The largest absolute Gasteiger partial charge is 0.490 e. The lowest BCUT2D eigenvalue weighted by atomic mass is 9.95. The first kappa shape index (κ1) is 39.0. The Morgan fingerprint density at radius 1 is 0.844 bits per heavy atom. The number of aromatic nitrogens is 2. The molecule has 2 aromatic rings. The predicted octanol–water partition coefficient (Wildman–Crippen LogP) is 4.33. The molecular weight excluding hydrogens is 641 g/mol. The number of rotatable bonds is 5. The van der Waals surface area contributed by atoms with Gasteiger partial charge in [-0.25, -0.2) is 14.4 Å². The van der Waals surface area contributed by atoms with Crippen LogP contribution in [0.5, 0.6) is 0 Å². The minimum atomic E-state index is -5.08. The van der Waals surface area contributed by atoms with Crippen LogP contribution in [-0.2, 0) is 37.0 Å². The fraction of sp³-hybridized carbons (Fsp3) is 0.480. The summed E-state index contributed by atoms with van der Waals surface area (Å²) in [5.74, 6) is -8.27. The van der Waals surface area contributed by atoms with Crippen LogP contribution in [0.2, 0.25) is 0 Å². The molecule has 0 aliphatic carbocycles. The van der Waals surface area contributed by atoms with Crippen molar-refractivity contribution in [1.29, 1.82) is 0 Å². The molecule has 20 heteroatoms. The van der Waals surface area contributed by atoms with E-state index in [0.29, 0.717) is 12.6 Å². The summed E-state index contributed by atoms with van der Waals surface area (Å²) in [5.41, 5.74) is 2.24. The number of hydrogen-bond acceptors (Lipinski definition) is 8. The van der Waals surface area contributed by atoms with Gasteiger partial charge in [0, 0.05) is 44.3 Å². The van der Waals surface area contributed by atoms with Crippen LogP contribution < -0.4 is 0 Å². The maximum absolute atomic E-state index is 10.6. The number of fused-ring (bicyclic) bond motifs is 1. The number of halogens is 9. The van der Waals surface area contributed by atoms with Gasteiger partial charge in [-0.1, -0.05) is 12.1 Å². The average Bonchev–Trinajstić information content (AvgIpc) is 3.44. The second-order valence-corrected chi connectivity index (χ2v) is 8.89. The Labute approximate surface area is 248 Å². The van der Waals surface area contributed by atoms with Crippen molar-refractivity contribution in [3.63, 3.8) is 0 Å². The van der Waals surface area contributed by atoms with Crippen LogP contribution in [0.3, 0.4) is 0 Å². The third kappa shape index (κ3) is 15.0. The van der Waals surface area contributed by atoms with E-state index < -0.39 is 36.4 Å². The molecule has 2 aliphatic rings. The maximum atomic E-state index is 10.6. The first-order chi connectivity index (χ1) is 20.7. The number of hydrogen-bond donors (Lipinski definition) is 3. The van der Waals surface area contributed by atoms with Gasteiger partial charge in [0.25, 0.3) is 0 Å². The number of ether oxygens (including phenoxy) is 2. The number of alkyl halides is 9. The molecule has 0 aromatic carbocycles. The fourth-order valence-electron chi connectivity index (χ4n) is 3.75. The monoisotopic (exact) mass is 667 g/mol. The van der Waals surface area contributed by atoms with E-state index in [0.717, 1.165) is 38.2 Å². The lowest BCUT2D eigenvalue weighted by Crippen LogP contribution is -2.52. The molecule has 0 unspecified atom stereocenters. The molecule has 4 rings (SSSR count). The molecule has 4 heterocycles. The van der Waals surface area contributed by atoms with Crippen LogP contribution in [0.4, 0.5) is 39.5 Å². The number of piperidine rings is 1. The molecule has 2 fully saturated rings. The lowest BCUT2D eigenvalue weighted by Gasteiger charge is -2.41. The molecular formula is C25H26F9N3O8. The van der Waals surface area contributed by atoms with Crippen LogP contribution >= 0.6 is 0 Å². The summed E-state index contributed by atoms with van der Waals surface area (Å²) in [6.07, 6.45) is -7.27. The standard InChI is InChI=1S/C19H23N3O2.3C2HF3O2/c1-2-9-21-16(5-1)14-24-18-6-10-22(17-7-11-23-19(17)18)13-15-4-3-8-20-12-15;3*3-2(4,5)1(6)7/h1-5,8-9,12,17-19H,6-7,10-11,13-14H2;3*(H,6,7)/t17-,18+,19-;;;/m0.../s1. The SMILES string of the molecule is O=C(O)C(F)(F)F.O=C(O)C(F)(F)F.O=C(O)C(F)(F)F.c1ccc(CO[C@@H]2CCN(Cc3cccnc3)[C@H]3CCO[C@H]23)nc1. The van der Waals surface area contributed by atoms with Crippen molar-refractivity contribution in [2.45, 2.75) is 62.8 Å². The van der Waals surface area contributed by atoms with Gasteiger partial charge in [-0.05, 0) is 36.6 Å². The number of carbonyl (C=O) groups is 3. The topological polar surface area (TPSA) is 159 Å². The van der Waals surface area contributed by atoms with Crippen molar-refractivity contribution >= 4 is 17.9 Å². The highest BCUT2D eigenvalue weighted by Crippen LogP contribution is 2.31. The summed E-state index contributed by atoms with van der Waals surface area (Å²) in [7, 11) is 0. The molecule has 0 saturated carbocycles. The van der Waals surface area contributed by atoms with Crippen molar-refractivity contribution in [3.05, 3.63) is 60.2 Å². The smallest absolute Gasteiger partial charge is 0.475 e. The van der Waals surface area contributed by atoms with E-state index in [2.05, 4.69) is 20.9 Å². The third-order valence-corrected chi connectivity index (χ3v) is 5.65. The number of carboxylic acids is 3. The molecule has 3 atom stereocenters. The number of nitrogens with zero attached hydrogens (tertiary/aromatic N) is 3. The Morgan fingerprint density at radius 2 is 1.40 bits per heavy atom. The summed E-state index contributed by atoms with van der Waals surface area (Å²) in [5, 5.41) is 21.4. The van der Waals surface area contributed by atoms with Crippen molar-refractivity contribution in [1.82, 2.24) is 14.9 Å². The first-order valence-corrected chi connectivity index (χ1v) is 12.4. The molecule has 252 valence electrons. The molecule has 0 radical (unpaired) electrons. The van der Waals surface area contributed by atoms with Gasteiger partial charge in [0.2, 0.25) is 0 Å². The summed E-state index contributed by atoms with van der Waals surface area (Å²) in [4.78, 5) is 37.8. The Morgan fingerprint density at radius 3 is 1.84 bits per heavy atom. The summed E-state index contributed by atoms with van der Waals surface area (Å²) < 4.78 is 107. The molecule has 0 amide bonds. The van der Waals surface area contributed by atoms with Crippen LogP contribution in [0.15, 0.2) is 48.9 Å². The Balaban J connectivity index is 0.000000396. The van der Waals surface area contributed by atoms with Crippen LogP contribution in [0, 0.1) is 0 Å². The molecule has 0 bridgehead atoms. The van der Waals surface area contributed by atoms with Gasteiger partial charge in [-0.3, -0.25) is 14.9 Å². The second kappa shape index (κ2) is 17.4. The van der Waals surface area contributed by atoms with Crippen LogP contribution in [0.25, 0.3) is 0 Å². The average molecular weight is 667 g/mol. The molecule has 0 spiro atoms. The molecule has 2 saturated heterocycles. The number of likely N-dealkylation sites (tertiary alicyclic amines) is 1. The van der Waals surface area contributed by atoms with E-state index in [9.17, 15) is 39.5 Å². The molecule has 2 aliphatic heterocycles. The molecule has 2 aromatic heterocycles. The molecule has 11 nitrogen and oxygen atoms in total. The number of pyridine rings is 2. The minimum Gasteiger partial charge on any atom is -0.475 e. The minimum absolute atomic E-state index is 0.157. The van der Waals surface area contributed by atoms with E-state index >= 15 is 0 Å². The van der Waals surface area contributed by atoms with Gasteiger partial charge in [0.1, 0.15) is 0 Å². The normalized spacial score (nSPS) is 19.7. The highest BCUT2D eigenvalue weighted by atomic mass is 19.4. The van der Waals surface area contributed by atoms with E-state index in [1.807, 2.05) is 42.9 Å². The highest BCUT2D eigenvalue weighted by molar-refractivity contribution is 5.73. The zero-order valence-electron chi connectivity index (χ0n) is 22.7. The van der Waals surface area contributed by atoms with Gasteiger partial charge >= 0.3 is 36.4 Å². The summed E-state index contributed by atoms with van der Waals surface area (Å²) >= 11 is 0. The van der Waals surface area contributed by atoms with E-state index in [1.54, 1.807) is 0 Å². The summed E-state index contributed by atoms with van der Waals surface area (Å²) in [6, 6.07) is 10.5. The molecule has 3 N–H and O–H groups in total. The quantitative estimate of drug-likeness (QED) is 0.390. The number of carboxylic acid groups (broad SMARTS) is 3. The molecule has 45 heavy (non-hydrogen) atoms. The van der Waals surface area contributed by atoms with Crippen LogP contribution in [0.1, 0.15) is 24.1 Å². The van der Waals surface area contributed by atoms with Crippen LogP contribution in [-0.4, -0.2) is 98.0 Å². The van der Waals surface area contributed by atoms with Gasteiger partial charge in [-0.2, -0.15) is 39.5 Å². The van der Waals surface area contributed by atoms with Gasteiger partial charge < -0.3 is 24.8 Å². The zero-order chi connectivity index (χ0) is 34.4. The van der Waals surface area contributed by atoms with E-state index in [4.69, 9.17) is 39.2 Å². The number of aliphatic carboxylic acids is 3. The fourth-order valence-corrected chi connectivity index (χ4v) is 3.75.